The number of thiophene rings is 1. The summed E-state index contributed by atoms with van der Waals surface area (Å²) < 4.78 is 18.3. The summed E-state index contributed by atoms with van der Waals surface area (Å²) in [6.07, 6.45) is 0. The van der Waals surface area contributed by atoms with Gasteiger partial charge in [-0.1, -0.05) is 108 Å². The highest BCUT2D eigenvalue weighted by Crippen LogP contribution is 2.48. The second kappa shape index (κ2) is 12.5. The predicted molar refractivity (Wildman–Crippen MR) is 256 cm³/mol. The number of nitrogens with zero attached hydrogens (tertiary/aromatic N) is 1. The van der Waals surface area contributed by atoms with Gasteiger partial charge in [0.05, 0.1) is 11.0 Å². The van der Waals surface area contributed by atoms with Crippen LogP contribution in [0.15, 0.2) is 160 Å². The van der Waals surface area contributed by atoms with E-state index in [-0.39, 0.29) is 10.8 Å². The largest absolute Gasteiger partial charge is 0.456 e. The fraction of sp³-hybridized carbons (Fsp3) is 0.143. The van der Waals surface area contributed by atoms with Crippen molar-refractivity contribution in [1.82, 2.24) is 4.57 Å². The summed E-state index contributed by atoms with van der Waals surface area (Å²) in [4.78, 5) is 0. The lowest BCUT2D eigenvalue weighted by Gasteiger charge is -2.22. The van der Waals surface area contributed by atoms with Crippen LogP contribution in [0.4, 0.5) is 0 Å². The molecule has 0 fully saturated rings. The van der Waals surface area contributed by atoms with E-state index in [1.807, 2.05) is 23.5 Å². The molecule has 4 heteroatoms. The van der Waals surface area contributed by atoms with Crippen LogP contribution in [0.25, 0.3) is 114 Å². The van der Waals surface area contributed by atoms with Gasteiger partial charge in [0.2, 0.25) is 0 Å². The van der Waals surface area contributed by atoms with Crippen molar-refractivity contribution < 1.29 is 8.83 Å². The average molecular weight is 794 g/mol. The maximum atomic E-state index is 6.55. The fourth-order valence-electron chi connectivity index (χ4n) is 9.48. The van der Waals surface area contributed by atoms with Crippen LogP contribution in [0.2, 0.25) is 0 Å². The molecule has 60 heavy (non-hydrogen) atoms. The van der Waals surface area contributed by atoms with Crippen molar-refractivity contribution in [1.29, 1.82) is 0 Å². The van der Waals surface area contributed by atoms with Crippen LogP contribution in [0, 0.1) is 0 Å². The molecule has 0 aliphatic carbocycles. The number of fused-ring (bicyclic) bond motifs is 12. The first kappa shape index (κ1) is 35.3. The van der Waals surface area contributed by atoms with Crippen molar-refractivity contribution in [3.05, 3.63) is 163 Å². The average Bonchev–Trinajstić information content (AvgIpc) is 4.00. The highest BCUT2D eigenvalue weighted by molar-refractivity contribution is 7.25. The number of hydrogen-bond acceptors (Lipinski definition) is 3. The first-order valence-corrected chi connectivity index (χ1v) is 21.7. The molecule has 0 N–H and O–H groups in total. The minimum Gasteiger partial charge on any atom is -0.456 e. The van der Waals surface area contributed by atoms with Crippen molar-refractivity contribution in [2.24, 2.45) is 0 Å². The zero-order valence-electron chi connectivity index (χ0n) is 34.6. The minimum atomic E-state index is -0.105. The molecule has 3 nitrogen and oxygen atoms in total. The number of rotatable bonds is 3. The predicted octanol–water partition coefficient (Wildman–Crippen LogP) is 16.9. The Hall–Kier alpha value is -6.62. The lowest BCUT2D eigenvalue weighted by molar-refractivity contribution is 0.590. The molecule has 0 amide bonds. The van der Waals surface area contributed by atoms with Crippen LogP contribution in [0.5, 0.6) is 0 Å². The van der Waals surface area contributed by atoms with E-state index in [2.05, 4.69) is 186 Å². The first-order valence-electron chi connectivity index (χ1n) is 20.9. The molecule has 0 saturated carbocycles. The number of para-hydroxylation sites is 2. The Morgan fingerprint density at radius 3 is 1.38 bits per heavy atom. The Morgan fingerprint density at radius 2 is 0.850 bits per heavy atom. The van der Waals surface area contributed by atoms with Gasteiger partial charge in [0, 0.05) is 69.3 Å². The summed E-state index contributed by atoms with van der Waals surface area (Å²) in [5, 5.41) is 9.58. The summed E-state index contributed by atoms with van der Waals surface area (Å²) in [5.74, 6) is 0. The van der Waals surface area contributed by atoms with Gasteiger partial charge in [-0.05, 0) is 118 Å². The molecule has 0 spiro atoms. The van der Waals surface area contributed by atoms with Crippen LogP contribution < -0.4 is 0 Å². The minimum absolute atomic E-state index is 0.105. The number of furan rings is 2. The van der Waals surface area contributed by atoms with Gasteiger partial charge in [0.1, 0.15) is 22.3 Å². The molecule has 0 bridgehead atoms. The van der Waals surface area contributed by atoms with E-state index in [9.17, 15) is 0 Å². The maximum Gasteiger partial charge on any atom is 0.136 e. The number of hydrogen-bond donors (Lipinski definition) is 0. The van der Waals surface area contributed by atoms with E-state index >= 15 is 0 Å². The fourth-order valence-corrected chi connectivity index (χ4v) is 10.6. The van der Waals surface area contributed by atoms with Crippen molar-refractivity contribution >= 4 is 97.2 Å². The van der Waals surface area contributed by atoms with Crippen molar-refractivity contribution in [3.8, 4) is 27.9 Å². The number of aromatic nitrogens is 1. The van der Waals surface area contributed by atoms with Gasteiger partial charge >= 0.3 is 0 Å². The maximum absolute atomic E-state index is 6.55. The summed E-state index contributed by atoms with van der Waals surface area (Å²) in [6.45, 7) is 13.9. The lowest BCUT2D eigenvalue weighted by atomic mass is 9.82. The molecular formula is C56H43NO2S. The monoisotopic (exact) mass is 793 g/mol. The summed E-state index contributed by atoms with van der Waals surface area (Å²) in [7, 11) is 0. The third-order valence-corrected chi connectivity index (χ3v) is 13.8. The number of benzene rings is 8. The van der Waals surface area contributed by atoms with Gasteiger partial charge < -0.3 is 13.4 Å². The Labute approximate surface area is 352 Å². The Balaban J connectivity index is 1.26. The summed E-state index contributed by atoms with van der Waals surface area (Å²) >= 11 is 1.86. The van der Waals surface area contributed by atoms with Gasteiger partial charge in [-0.2, -0.15) is 0 Å². The topological polar surface area (TPSA) is 31.2 Å². The quantitative estimate of drug-likeness (QED) is 0.178. The summed E-state index contributed by atoms with van der Waals surface area (Å²) in [5.41, 5.74) is 14.1. The van der Waals surface area contributed by atoms with Crippen LogP contribution in [-0.4, -0.2) is 4.57 Å². The van der Waals surface area contributed by atoms with Gasteiger partial charge in [-0.25, -0.2) is 0 Å². The Bertz CT molecular complexity index is 3550. The van der Waals surface area contributed by atoms with Crippen LogP contribution in [0.1, 0.15) is 52.7 Å². The molecule has 4 heterocycles. The lowest BCUT2D eigenvalue weighted by Crippen LogP contribution is -2.11. The molecule has 12 rings (SSSR count). The van der Waals surface area contributed by atoms with E-state index in [4.69, 9.17) is 8.83 Å². The van der Waals surface area contributed by atoms with Crippen molar-refractivity contribution in [3.63, 3.8) is 0 Å². The first-order chi connectivity index (χ1) is 29.0. The smallest absolute Gasteiger partial charge is 0.136 e. The normalized spacial score (nSPS) is 12.8. The molecule has 0 unspecified atom stereocenters. The molecular weight excluding hydrogens is 751 g/mol. The van der Waals surface area contributed by atoms with E-state index in [1.54, 1.807) is 0 Å². The zero-order chi connectivity index (χ0) is 40.7. The van der Waals surface area contributed by atoms with Gasteiger partial charge in [-0.3, -0.25) is 0 Å². The second-order valence-corrected chi connectivity index (χ2v) is 19.7. The molecule has 0 aliphatic heterocycles. The standard InChI is InChI=1S/C56H43NO2S/c1-55(2,3)34-27-42(32-19-22-39-37-13-7-10-16-47(37)58-49(39)25-32)53-45(29-34)46-30-35(56(4,5)6)28-43(33-20-23-40-38-14-8-11-17-48(38)59-50(40)26-33)54(46)57(53)36-21-24-52-44(31-36)41-15-9-12-18-51(41)60-52/h7-31H,1-6H3. The molecule has 12 aromatic rings. The van der Waals surface area contributed by atoms with Gasteiger partial charge in [0.15, 0.2) is 0 Å². The van der Waals surface area contributed by atoms with Gasteiger partial charge in [-0.15, -0.1) is 11.3 Å². The van der Waals surface area contributed by atoms with E-state index in [1.165, 1.54) is 64.2 Å². The molecule has 0 aliphatic rings. The van der Waals surface area contributed by atoms with Crippen molar-refractivity contribution in [2.45, 2.75) is 52.4 Å². The molecule has 4 aromatic heterocycles. The molecule has 8 aromatic carbocycles. The van der Waals surface area contributed by atoms with Crippen molar-refractivity contribution in [2.75, 3.05) is 0 Å². The Morgan fingerprint density at radius 1 is 0.383 bits per heavy atom. The van der Waals surface area contributed by atoms with Gasteiger partial charge in [0.25, 0.3) is 0 Å². The van der Waals surface area contributed by atoms with Crippen LogP contribution in [-0.2, 0) is 10.8 Å². The molecule has 290 valence electrons. The SMILES string of the molecule is CC(C)(C)c1cc(-c2ccc3c(c2)oc2ccccc23)c2c(c1)c1cc(C(C)(C)C)cc(-c3ccc4c(c3)oc3ccccc34)c1n2-c1ccc2sc3ccccc3c2c1. The molecule has 0 radical (unpaired) electrons. The summed E-state index contributed by atoms with van der Waals surface area (Å²) in [6, 6.07) is 55.9. The Kier molecular flexibility index (Phi) is 7.33. The highest BCUT2D eigenvalue weighted by Gasteiger charge is 2.27. The molecule has 0 saturated heterocycles. The zero-order valence-corrected chi connectivity index (χ0v) is 35.4. The van der Waals surface area contributed by atoms with E-state index in [0.717, 1.165) is 60.7 Å². The van der Waals surface area contributed by atoms with Crippen LogP contribution in [0.3, 0.4) is 0 Å². The highest BCUT2D eigenvalue weighted by atomic mass is 32.1. The third kappa shape index (κ3) is 5.27. The van der Waals surface area contributed by atoms with E-state index < -0.39 is 0 Å². The third-order valence-electron chi connectivity index (χ3n) is 12.7. The molecule has 0 atom stereocenters. The van der Waals surface area contributed by atoms with Crippen LogP contribution >= 0.6 is 11.3 Å². The second-order valence-electron chi connectivity index (χ2n) is 18.6. The van der Waals surface area contributed by atoms with E-state index in [0.29, 0.717) is 0 Å².